The summed E-state index contributed by atoms with van der Waals surface area (Å²) in [5.41, 5.74) is 3.66. The summed E-state index contributed by atoms with van der Waals surface area (Å²) in [5, 5.41) is 10.4. The number of nitrogens with one attached hydrogen (secondary N) is 1. The minimum atomic E-state index is -0.277. The molecule has 0 unspecified atom stereocenters. The molecule has 1 heterocycles. The first-order valence-electron chi connectivity index (χ1n) is 7.05. The van der Waals surface area contributed by atoms with E-state index in [0.29, 0.717) is 17.0 Å². The van der Waals surface area contributed by atoms with E-state index in [4.69, 9.17) is 4.74 Å². The van der Waals surface area contributed by atoms with E-state index in [-0.39, 0.29) is 5.97 Å². The van der Waals surface area contributed by atoms with Crippen LogP contribution in [0.4, 0.5) is 0 Å². The second-order valence-electron chi connectivity index (χ2n) is 4.89. The smallest absolute Gasteiger partial charge is 0.321 e. The highest BCUT2D eigenvalue weighted by Crippen LogP contribution is 2.18. The van der Waals surface area contributed by atoms with E-state index in [0.717, 1.165) is 22.4 Å². The molecule has 5 nitrogen and oxygen atoms in total. The van der Waals surface area contributed by atoms with Crippen molar-refractivity contribution < 1.29 is 9.53 Å². The Bertz CT molecular complexity index is 827. The molecule has 0 aliphatic carbocycles. The van der Waals surface area contributed by atoms with Crippen molar-refractivity contribution in [3.63, 3.8) is 0 Å². The van der Waals surface area contributed by atoms with E-state index in [1.165, 1.54) is 11.8 Å². The topological polar surface area (TPSA) is 67.9 Å². The molecule has 3 aromatic rings. The highest BCUT2D eigenvalue weighted by atomic mass is 32.2. The highest BCUT2D eigenvalue weighted by molar-refractivity contribution is 7.99. The van der Waals surface area contributed by atoms with Crippen molar-refractivity contribution in [1.82, 2.24) is 15.4 Å². The highest BCUT2D eigenvalue weighted by Gasteiger charge is 2.07. The number of H-pyrrole nitrogens is 1. The molecule has 0 spiro atoms. The summed E-state index contributed by atoms with van der Waals surface area (Å²) in [6.07, 6.45) is 1.81. The van der Waals surface area contributed by atoms with E-state index in [2.05, 4.69) is 22.0 Å². The first-order chi connectivity index (χ1) is 11.2. The Morgan fingerprint density at radius 2 is 1.96 bits per heavy atom. The van der Waals surface area contributed by atoms with Crippen LogP contribution in [0.15, 0.2) is 49.0 Å². The normalized spacial score (nSPS) is 10.6. The van der Waals surface area contributed by atoms with Crippen molar-refractivity contribution in [2.24, 2.45) is 0 Å². The molecule has 0 fully saturated rings. The quantitative estimate of drug-likeness (QED) is 0.555. The zero-order valence-electron chi connectivity index (χ0n) is 12.4. The molecule has 116 valence electrons. The number of hydrogen-bond acceptors (Lipinski definition) is 5. The predicted octanol–water partition coefficient (Wildman–Crippen LogP) is 3.44. The molecule has 23 heavy (non-hydrogen) atoms. The fourth-order valence-corrected chi connectivity index (χ4v) is 2.80. The van der Waals surface area contributed by atoms with Crippen LogP contribution < -0.4 is 4.74 Å². The van der Waals surface area contributed by atoms with Crippen LogP contribution in [0, 0.1) is 0 Å². The molecular formula is C17H15N3O2S. The van der Waals surface area contributed by atoms with Gasteiger partial charge in [-0.1, -0.05) is 36.9 Å². The predicted molar refractivity (Wildman–Crippen MR) is 92.2 cm³/mol. The van der Waals surface area contributed by atoms with Gasteiger partial charge in [-0.3, -0.25) is 4.79 Å². The van der Waals surface area contributed by atoms with Crippen molar-refractivity contribution in [3.05, 3.63) is 60.2 Å². The number of thioether (sulfide) groups is 1. The van der Waals surface area contributed by atoms with Gasteiger partial charge in [-0.25, -0.2) is 0 Å². The van der Waals surface area contributed by atoms with Gasteiger partial charge in [-0.15, -0.1) is 11.8 Å². The fourth-order valence-electron chi connectivity index (χ4n) is 2.05. The van der Waals surface area contributed by atoms with E-state index >= 15 is 0 Å². The maximum absolute atomic E-state index is 11.9. The monoisotopic (exact) mass is 325 g/mol. The Hall–Kier alpha value is -2.60. The number of ether oxygens (including phenoxy) is 1. The molecule has 6 heteroatoms. The van der Waals surface area contributed by atoms with E-state index in [1.807, 2.05) is 24.3 Å². The molecule has 0 aliphatic heterocycles. The summed E-state index contributed by atoms with van der Waals surface area (Å²) < 4.78 is 5.31. The Morgan fingerprint density at radius 1 is 1.17 bits per heavy atom. The number of nitrogens with zero attached hydrogens (tertiary/aromatic N) is 2. The molecule has 0 amide bonds. The lowest BCUT2D eigenvalue weighted by Gasteiger charge is -2.04. The second-order valence-corrected chi connectivity index (χ2v) is 5.87. The Labute approximate surface area is 137 Å². The zero-order chi connectivity index (χ0) is 16.1. The summed E-state index contributed by atoms with van der Waals surface area (Å²) >= 11 is 1.52. The van der Waals surface area contributed by atoms with Crippen molar-refractivity contribution in [3.8, 4) is 5.75 Å². The number of benzene rings is 2. The average molecular weight is 325 g/mol. The van der Waals surface area contributed by atoms with Crippen LogP contribution in [0.5, 0.6) is 5.75 Å². The number of carbonyl (C=O) groups excluding carboxylic acids is 1. The standard InChI is InChI=1S/C17H15N3O2S/c1-2-12-3-5-13(6-4-12)10-23-11-17(21)22-14-7-8-15-16(9-14)19-20-18-15/h2-9H,1,10-11H2,(H,18,19,20). The molecule has 0 atom stereocenters. The van der Waals surface area contributed by atoms with Gasteiger partial charge in [0.2, 0.25) is 0 Å². The molecule has 2 aromatic carbocycles. The second kappa shape index (κ2) is 7.11. The Morgan fingerprint density at radius 3 is 2.74 bits per heavy atom. The van der Waals surface area contributed by atoms with Crippen LogP contribution in [0.3, 0.4) is 0 Å². The van der Waals surface area contributed by atoms with Gasteiger partial charge in [-0.2, -0.15) is 15.4 Å². The summed E-state index contributed by atoms with van der Waals surface area (Å²) in [5.74, 6) is 1.25. The van der Waals surface area contributed by atoms with Crippen LogP contribution in [-0.2, 0) is 10.5 Å². The molecule has 1 aromatic heterocycles. The minimum absolute atomic E-state index is 0.277. The number of aromatic nitrogens is 3. The minimum Gasteiger partial charge on any atom is -0.426 e. The van der Waals surface area contributed by atoms with Crippen LogP contribution in [0.25, 0.3) is 17.1 Å². The number of carbonyl (C=O) groups is 1. The molecular weight excluding hydrogens is 310 g/mol. The number of hydrogen-bond donors (Lipinski definition) is 1. The average Bonchev–Trinajstić information content (AvgIpc) is 3.03. The Kier molecular flexibility index (Phi) is 4.73. The fraction of sp³-hybridized carbons (Fsp3) is 0.118. The van der Waals surface area contributed by atoms with Gasteiger partial charge in [0.25, 0.3) is 0 Å². The van der Waals surface area contributed by atoms with Crippen molar-refractivity contribution in [2.45, 2.75) is 5.75 Å². The lowest BCUT2D eigenvalue weighted by molar-refractivity contribution is -0.131. The number of esters is 1. The van der Waals surface area contributed by atoms with Gasteiger partial charge in [0.15, 0.2) is 0 Å². The molecule has 0 bridgehead atoms. The molecule has 0 radical (unpaired) electrons. The van der Waals surface area contributed by atoms with Crippen LogP contribution >= 0.6 is 11.8 Å². The maximum atomic E-state index is 11.9. The first kappa shape index (κ1) is 15.3. The zero-order valence-corrected chi connectivity index (χ0v) is 13.2. The van der Waals surface area contributed by atoms with Gasteiger partial charge < -0.3 is 4.74 Å². The van der Waals surface area contributed by atoms with E-state index < -0.39 is 0 Å². The maximum Gasteiger partial charge on any atom is 0.321 e. The Balaban J connectivity index is 1.49. The number of aromatic amines is 1. The molecule has 1 N–H and O–H groups in total. The number of rotatable bonds is 6. The summed E-state index contributed by atoms with van der Waals surface area (Å²) in [7, 11) is 0. The third-order valence-electron chi connectivity index (χ3n) is 3.22. The lowest BCUT2D eigenvalue weighted by Crippen LogP contribution is -2.10. The summed E-state index contributed by atoms with van der Waals surface area (Å²) in [6.45, 7) is 3.72. The van der Waals surface area contributed by atoms with Gasteiger partial charge in [0.1, 0.15) is 16.8 Å². The first-order valence-corrected chi connectivity index (χ1v) is 8.20. The largest absolute Gasteiger partial charge is 0.426 e. The van der Waals surface area contributed by atoms with E-state index in [1.54, 1.807) is 24.3 Å². The molecule has 0 saturated carbocycles. The van der Waals surface area contributed by atoms with Gasteiger partial charge >= 0.3 is 5.97 Å². The SMILES string of the molecule is C=Cc1ccc(CSCC(=O)Oc2ccc3n[nH]nc3c2)cc1. The third kappa shape index (κ3) is 3.98. The molecule has 0 aliphatic rings. The summed E-state index contributed by atoms with van der Waals surface area (Å²) in [4.78, 5) is 11.9. The van der Waals surface area contributed by atoms with Gasteiger partial charge in [0.05, 0.1) is 5.75 Å². The van der Waals surface area contributed by atoms with Gasteiger partial charge in [0, 0.05) is 11.8 Å². The molecule has 0 saturated heterocycles. The van der Waals surface area contributed by atoms with Crippen molar-refractivity contribution in [2.75, 3.05) is 5.75 Å². The third-order valence-corrected chi connectivity index (χ3v) is 4.20. The van der Waals surface area contributed by atoms with Crippen LogP contribution in [-0.4, -0.2) is 27.1 Å². The van der Waals surface area contributed by atoms with Crippen LogP contribution in [0.1, 0.15) is 11.1 Å². The lowest BCUT2D eigenvalue weighted by atomic mass is 10.1. The van der Waals surface area contributed by atoms with E-state index in [9.17, 15) is 4.79 Å². The van der Waals surface area contributed by atoms with Gasteiger partial charge in [-0.05, 0) is 23.3 Å². The van der Waals surface area contributed by atoms with Crippen molar-refractivity contribution >= 4 is 34.8 Å². The van der Waals surface area contributed by atoms with Crippen molar-refractivity contribution in [1.29, 1.82) is 0 Å². The van der Waals surface area contributed by atoms with Crippen LogP contribution in [0.2, 0.25) is 0 Å². The summed E-state index contributed by atoms with van der Waals surface area (Å²) in [6, 6.07) is 13.2. The number of fused-ring (bicyclic) bond motifs is 1. The molecule has 3 rings (SSSR count).